The molecule has 0 aliphatic heterocycles. The Morgan fingerprint density at radius 2 is 2.00 bits per heavy atom. The molecule has 0 spiro atoms. The van der Waals surface area contributed by atoms with Crippen LogP contribution < -0.4 is 0 Å². The van der Waals surface area contributed by atoms with Crippen LogP contribution in [0.25, 0.3) is 5.69 Å². The van der Waals surface area contributed by atoms with Crippen molar-refractivity contribution in [2.45, 2.75) is 19.4 Å². The third kappa shape index (κ3) is 2.75. The number of nitrogens with zero attached hydrogens (tertiary/aromatic N) is 3. The highest BCUT2D eigenvalue weighted by Crippen LogP contribution is 2.25. The molecule has 1 heterocycles. The average Bonchev–Trinajstić information content (AvgIpc) is 2.70. The second kappa shape index (κ2) is 4.51. The SMILES string of the molecule is CC(C)(O)c1cn(-c2cc(Br)ccc2Br)nn1. The van der Waals surface area contributed by atoms with Crippen LogP contribution >= 0.6 is 31.9 Å². The molecule has 1 N–H and O–H groups in total. The van der Waals surface area contributed by atoms with Crippen LogP contribution in [0.1, 0.15) is 19.5 Å². The topological polar surface area (TPSA) is 50.9 Å². The van der Waals surface area contributed by atoms with E-state index in [0.717, 1.165) is 14.6 Å². The Morgan fingerprint density at radius 3 is 2.59 bits per heavy atom. The van der Waals surface area contributed by atoms with Gasteiger partial charge >= 0.3 is 0 Å². The zero-order chi connectivity index (χ0) is 12.6. The van der Waals surface area contributed by atoms with Crippen LogP contribution in [0.3, 0.4) is 0 Å². The third-order valence-corrected chi connectivity index (χ3v) is 3.44. The van der Waals surface area contributed by atoms with Gasteiger partial charge in [0.2, 0.25) is 0 Å². The zero-order valence-corrected chi connectivity index (χ0v) is 12.5. The van der Waals surface area contributed by atoms with Gasteiger partial charge in [-0.3, -0.25) is 0 Å². The largest absolute Gasteiger partial charge is 0.384 e. The van der Waals surface area contributed by atoms with E-state index in [9.17, 15) is 5.11 Å². The molecule has 2 aromatic rings. The molecule has 0 unspecified atom stereocenters. The summed E-state index contributed by atoms with van der Waals surface area (Å²) in [6, 6.07) is 5.78. The fraction of sp³-hybridized carbons (Fsp3) is 0.273. The van der Waals surface area contributed by atoms with E-state index in [2.05, 4.69) is 42.2 Å². The number of halogens is 2. The molecule has 2 rings (SSSR count). The van der Waals surface area contributed by atoms with Crippen LogP contribution in [0.2, 0.25) is 0 Å². The quantitative estimate of drug-likeness (QED) is 0.895. The summed E-state index contributed by atoms with van der Waals surface area (Å²) >= 11 is 6.86. The van der Waals surface area contributed by atoms with Crippen LogP contribution in [0.5, 0.6) is 0 Å². The molecule has 0 amide bonds. The van der Waals surface area contributed by atoms with E-state index in [4.69, 9.17) is 0 Å². The highest BCUT2D eigenvalue weighted by molar-refractivity contribution is 9.11. The fourth-order valence-electron chi connectivity index (χ4n) is 1.32. The Kier molecular flexibility index (Phi) is 3.38. The smallest absolute Gasteiger partial charge is 0.114 e. The fourth-order valence-corrected chi connectivity index (χ4v) is 2.10. The van der Waals surface area contributed by atoms with Gasteiger partial charge in [-0.1, -0.05) is 21.1 Å². The molecule has 0 saturated heterocycles. The molecule has 0 atom stereocenters. The van der Waals surface area contributed by atoms with Gasteiger partial charge in [0.1, 0.15) is 11.3 Å². The highest BCUT2D eigenvalue weighted by atomic mass is 79.9. The lowest BCUT2D eigenvalue weighted by atomic mass is 10.1. The van der Waals surface area contributed by atoms with E-state index < -0.39 is 5.60 Å². The first-order valence-electron chi connectivity index (χ1n) is 4.98. The highest BCUT2D eigenvalue weighted by Gasteiger charge is 2.20. The van der Waals surface area contributed by atoms with Crippen molar-refractivity contribution in [3.63, 3.8) is 0 Å². The van der Waals surface area contributed by atoms with Crippen molar-refractivity contribution < 1.29 is 5.11 Å². The second-order valence-electron chi connectivity index (χ2n) is 4.20. The Morgan fingerprint density at radius 1 is 1.29 bits per heavy atom. The summed E-state index contributed by atoms with van der Waals surface area (Å²) in [4.78, 5) is 0. The summed E-state index contributed by atoms with van der Waals surface area (Å²) in [6.45, 7) is 3.36. The van der Waals surface area contributed by atoms with Gasteiger partial charge in [-0.15, -0.1) is 5.10 Å². The van der Waals surface area contributed by atoms with Gasteiger partial charge in [0.25, 0.3) is 0 Å². The first kappa shape index (κ1) is 12.7. The lowest BCUT2D eigenvalue weighted by Crippen LogP contribution is -2.15. The van der Waals surface area contributed by atoms with Crippen molar-refractivity contribution >= 4 is 31.9 Å². The molecule has 6 heteroatoms. The lowest BCUT2D eigenvalue weighted by Gasteiger charge is -2.11. The van der Waals surface area contributed by atoms with E-state index in [1.54, 1.807) is 24.7 Å². The van der Waals surface area contributed by atoms with Crippen LogP contribution in [0.4, 0.5) is 0 Å². The number of aromatic nitrogens is 3. The molecule has 0 bridgehead atoms. The summed E-state index contributed by atoms with van der Waals surface area (Å²) in [5, 5.41) is 17.8. The number of hydrogen-bond acceptors (Lipinski definition) is 3. The van der Waals surface area contributed by atoms with E-state index >= 15 is 0 Å². The van der Waals surface area contributed by atoms with Gasteiger partial charge in [-0.2, -0.15) is 0 Å². The molecule has 1 aromatic heterocycles. The Hall–Kier alpha value is -0.720. The van der Waals surface area contributed by atoms with Crippen molar-refractivity contribution in [3.05, 3.63) is 39.0 Å². The van der Waals surface area contributed by atoms with Crippen molar-refractivity contribution in [2.24, 2.45) is 0 Å². The molecule has 0 aliphatic rings. The van der Waals surface area contributed by atoms with E-state index in [0.29, 0.717) is 5.69 Å². The minimum Gasteiger partial charge on any atom is -0.384 e. The number of aliphatic hydroxyl groups is 1. The molecular weight excluding hydrogens is 350 g/mol. The van der Waals surface area contributed by atoms with Crippen molar-refractivity contribution in [1.29, 1.82) is 0 Å². The normalized spacial score (nSPS) is 11.8. The standard InChI is InChI=1S/C11H11Br2N3O/c1-11(2,17)10-6-16(15-14-10)9-5-7(12)3-4-8(9)13/h3-6,17H,1-2H3. The van der Waals surface area contributed by atoms with Gasteiger partial charge in [-0.05, 0) is 48.0 Å². The Labute approximate surface area is 116 Å². The van der Waals surface area contributed by atoms with Crippen LogP contribution in [-0.4, -0.2) is 20.1 Å². The molecule has 0 fully saturated rings. The van der Waals surface area contributed by atoms with Crippen molar-refractivity contribution in [3.8, 4) is 5.69 Å². The molecule has 4 nitrogen and oxygen atoms in total. The predicted molar refractivity (Wildman–Crippen MR) is 72.0 cm³/mol. The predicted octanol–water partition coefficient (Wildman–Crippen LogP) is 3.02. The summed E-state index contributed by atoms with van der Waals surface area (Å²) in [5.41, 5.74) is 0.406. The number of rotatable bonds is 2. The molecule has 90 valence electrons. The van der Waals surface area contributed by atoms with Crippen LogP contribution in [0.15, 0.2) is 33.3 Å². The average molecular weight is 361 g/mol. The molecule has 0 radical (unpaired) electrons. The van der Waals surface area contributed by atoms with Gasteiger partial charge in [0.05, 0.1) is 11.9 Å². The first-order chi connectivity index (χ1) is 7.88. The minimum absolute atomic E-state index is 0.532. The maximum Gasteiger partial charge on any atom is 0.114 e. The summed E-state index contributed by atoms with van der Waals surface area (Å²) < 4.78 is 3.49. The van der Waals surface area contributed by atoms with Gasteiger partial charge in [0, 0.05) is 8.95 Å². The third-order valence-electron chi connectivity index (χ3n) is 2.28. The summed E-state index contributed by atoms with van der Waals surface area (Å²) in [7, 11) is 0. The summed E-state index contributed by atoms with van der Waals surface area (Å²) in [6.07, 6.45) is 1.71. The first-order valence-corrected chi connectivity index (χ1v) is 6.57. The lowest BCUT2D eigenvalue weighted by molar-refractivity contribution is 0.0737. The van der Waals surface area contributed by atoms with E-state index in [1.807, 2.05) is 18.2 Å². The van der Waals surface area contributed by atoms with Crippen LogP contribution in [0, 0.1) is 0 Å². The maximum atomic E-state index is 9.84. The summed E-state index contributed by atoms with van der Waals surface area (Å²) in [5.74, 6) is 0. The van der Waals surface area contributed by atoms with Gasteiger partial charge in [0.15, 0.2) is 0 Å². The Balaban J connectivity index is 2.47. The molecular formula is C11H11Br2N3O. The van der Waals surface area contributed by atoms with Gasteiger partial charge in [-0.25, -0.2) is 4.68 Å². The zero-order valence-electron chi connectivity index (χ0n) is 9.35. The van der Waals surface area contributed by atoms with Gasteiger partial charge < -0.3 is 5.11 Å². The van der Waals surface area contributed by atoms with Crippen LogP contribution in [-0.2, 0) is 5.60 Å². The number of benzene rings is 1. The molecule has 0 aliphatic carbocycles. The second-order valence-corrected chi connectivity index (χ2v) is 5.97. The van der Waals surface area contributed by atoms with E-state index in [1.165, 1.54) is 0 Å². The number of hydrogen-bond donors (Lipinski definition) is 1. The minimum atomic E-state index is -0.989. The molecule has 0 saturated carbocycles. The molecule has 17 heavy (non-hydrogen) atoms. The van der Waals surface area contributed by atoms with Crippen molar-refractivity contribution in [2.75, 3.05) is 0 Å². The van der Waals surface area contributed by atoms with Crippen molar-refractivity contribution in [1.82, 2.24) is 15.0 Å². The Bertz CT molecular complexity index is 546. The monoisotopic (exact) mass is 359 g/mol. The van der Waals surface area contributed by atoms with E-state index in [-0.39, 0.29) is 0 Å². The molecule has 1 aromatic carbocycles. The maximum absolute atomic E-state index is 9.84.